The van der Waals surface area contributed by atoms with Crippen molar-refractivity contribution in [1.82, 2.24) is 19.8 Å². The summed E-state index contributed by atoms with van der Waals surface area (Å²) in [5.74, 6) is 0. The minimum atomic E-state index is -0.270. The molecule has 0 saturated carbocycles. The van der Waals surface area contributed by atoms with E-state index in [1.165, 1.54) is 11.3 Å². The van der Waals surface area contributed by atoms with Crippen LogP contribution in [0.15, 0.2) is 11.1 Å². The topological polar surface area (TPSA) is 76.5 Å². The summed E-state index contributed by atoms with van der Waals surface area (Å²) in [7, 11) is 1.61. The number of thiophene rings is 1. The molecule has 0 spiro atoms. The Morgan fingerprint density at radius 3 is 2.88 bits per heavy atom. The smallest absolute Gasteiger partial charge is 0.318 e. The molecule has 1 aliphatic rings. The van der Waals surface area contributed by atoms with Crippen LogP contribution in [0.5, 0.6) is 0 Å². The van der Waals surface area contributed by atoms with Gasteiger partial charge in [-0.15, -0.1) is 11.3 Å². The Hall–Kier alpha value is -1.93. The highest BCUT2D eigenvalue weighted by molar-refractivity contribution is 7.18. The molecule has 0 atom stereocenters. The maximum atomic E-state index is 12.8. The van der Waals surface area contributed by atoms with Gasteiger partial charge in [-0.05, 0) is 32.8 Å². The molecule has 0 radical (unpaired) electrons. The number of nitrogens with one attached hydrogen (secondary N) is 1. The number of carbonyl (C=O) groups is 1. The Labute approximate surface area is 150 Å². The van der Waals surface area contributed by atoms with Crippen LogP contribution in [0.4, 0.5) is 4.79 Å². The number of aromatic nitrogens is 2. The molecular weight excluding hydrogens is 340 g/mol. The van der Waals surface area contributed by atoms with E-state index in [0.717, 1.165) is 15.3 Å². The van der Waals surface area contributed by atoms with Gasteiger partial charge in [0.15, 0.2) is 0 Å². The van der Waals surface area contributed by atoms with E-state index >= 15 is 0 Å². The normalized spacial score (nSPS) is 14.6. The van der Waals surface area contributed by atoms with Crippen LogP contribution in [0, 0.1) is 0 Å². The van der Waals surface area contributed by atoms with Crippen molar-refractivity contribution >= 4 is 27.6 Å². The van der Waals surface area contributed by atoms with Gasteiger partial charge in [0.1, 0.15) is 4.83 Å². The second-order valence-corrected chi connectivity index (χ2v) is 8.36. The largest absolute Gasteiger partial charge is 0.383 e. The minimum Gasteiger partial charge on any atom is -0.383 e. The Balaban J connectivity index is 1.89. The summed E-state index contributed by atoms with van der Waals surface area (Å²) in [6.07, 6.45) is 2.26. The molecule has 3 heterocycles. The van der Waals surface area contributed by atoms with Crippen LogP contribution < -0.4 is 10.9 Å². The third-order valence-electron chi connectivity index (χ3n) is 4.13. The van der Waals surface area contributed by atoms with E-state index in [2.05, 4.69) is 10.3 Å². The van der Waals surface area contributed by atoms with Crippen molar-refractivity contribution in [1.29, 1.82) is 0 Å². The van der Waals surface area contributed by atoms with Gasteiger partial charge < -0.3 is 15.0 Å². The number of urea groups is 1. The van der Waals surface area contributed by atoms with Gasteiger partial charge in [0, 0.05) is 24.1 Å². The molecule has 2 aromatic heterocycles. The summed E-state index contributed by atoms with van der Waals surface area (Å²) in [6.45, 7) is 7.98. The highest BCUT2D eigenvalue weighted by Crippen LogP contribution is 2.32. The van der Waals surface area contributed by atoms with Gasteiger partial charge >= 0.3 is 6.03 Å². The van der Waals surface area contributed by atoms with E-state index in [9.17, 15) is 9.59 Å². The fourth-order valence-electron chi connectivity index (χ4n) is 2.94. The molecule has 136 valence electrons. The highest BCUT2D eigenvalue weighted by atomic mass is 32.1. The van der Waals surface area contributed by atoms with E-state index < -0.39 is 0 Å². The van der Waals surface area contributed by atoms with Gasteiger partial charge in [0.25, 0.3) is 5.56 Å². The molecule has 7 nitrogen and oxygen atoms in total. The number of methoxy groups -OCH3 is 1. The Morgan fingerprint density at radius 1 is 1.44 bits per heavy atom. The molecule has 25 heavy (non-hydrogen) atoms. The molecule has 0 saturated heterocycles. The Morgan fingerprint density at radius 2 is 2.20 bits per heavy atom. The summed E-state index contributed by atoms with van der Waals surface area (Å²) < 4.78 is 6.65. The SMILES string of the molecule is COCCn1cnc2sc3c(c2c1=O)CCN(C(=O)NC(C)(C)C)C3. The summed E-state index contributed by atoms with van der Waals surface area (Å²) in [5.41, 5.74) is 0.755. The van der Waals surface area contributed by atoms with Gasteiger partial charge in [-0.25, -0.2) is 9.78 Å². The van der Waals surface area contributed by atoms with E-state index in [1.54, 1.807) is 22.9 Å². The van der Waals surface area contributed by atoms with Crippen molar-refractivity contribution in [3.63, 3.8) is 0 Å². The van der Waals surface area contributed by atoms with Gasteiger partial charge in [-0.2, -0.15) is 0 Å². The van der Waals surface area contributed by atoms with Crippen molar-refractivity contribution in [2.45, 2.75) is 45.8 Å². The number of hydrogen-bond acceptors (Lipinski definition) is 5. The molecule has 2 amide bonds. The highest BCUT2D eigenvalue weighted by Gasteiger charge is 2.27. The number of amides is 2. The third-order valence-corrected chi connectivity index (χ3v) is 5.26. The average Bonchev–Trinajstić information content (AvgIpc) is 2.91. The van der Waals surface area contributed by atoms with Crippen LogP contribution in [0.3, 0.4) is 0 Å². The first kappa shape index (κ1) is 17.9. The zero-order valence-corrected chi connectivity index (χ0v) is 15.9. The second-order valence-electron chi connectivity index (χ2n) is 7.27. The lowest BCUT2D eigenvalue weighted by molar-refractivity contribution is 0.184. The van der Waals surface area contributed by atoms with E-state index in [-0.39, 0.29) is 17.1 Å². The quantitative estimate of drug-likeness (QED) is 0.903. The summed E-state index contributed by atoms with van der Waals surface area (Å²) >= 11 is 1.51. The molecule has 1 N–H and O–H groups in total. The van der Waals surface area contributed by atoms with Crippen molar-refractivity contribution in [2.75, 3.05) is 20.3 Å². The van der Waals surface area contributed by atoms with Gasteiger partial charge in [0.2, 0.25) is 0 Å². The lowest BCUT2D eigenvalue weighted by atomic mass is 10.1. The maximum absolute atomic E-state index is 12.8. The van der Waals surface area contributed by atoms with Crippen LogP contribution in [-0.4, -0.2) is 46.3 Å². The van der Waals surface area contributed by atoms with Crippen molar-refractivity contribution in [2.24, 2.45) is 0 Å². The third kappa shape index (κ3) is 3.69. The summed E-state index contributed by atoms with van der Waals surface area (Å²) in [4.78, 5) is 33.2. The molecule has 0 aliphatic carbocycles. The summed E-state index contributed by atoms with van der Waals surface area (Å²) in [6, 6.07) is -0.0685. The number of fused-ring (bicyclic) bond motifs is 3. The van der Waals surface area contributed by atoms with Gasteiger partial charge in [0.05, 0.1) is 31.4 Å². The van der Waals surface area contributed by atoms with Crippen LogP contribution in [-0.2, 0) is 24.2 Å². The predicted octanol–water partition coefficient (Wildman–Crippen LogP) is 1.97. The van der Waals surface area contributed by atoms with E-state index in [4.69, 9.17) is 4.74 Å². The lowest BCUT2D eigenvalue weighted by Gasteiger charge is -2.31. The standard InChI is InChI=1S/C17H24N4O3S/c1-17(2,3)19-16(23)20-6-5-11-12(9-20)25-14-13(11)15(22)21(10-18-14)7-8-24-4/h10H,5-9H2,1-4H3,(H,19,23). The zero-order valence-electron chi connectivity index (χ0n) is 15.1. The first-order valence-corrected chi connectivity index (χ1v) is 9.17. The number of rotatable bonds is 3. The molecule has 0 unspecified atom stereocenters. The average molecular weight is 364 g/mol. The fraction of sp³-hybridized carbons (Fsp3) is 0.588. The Kier molecular flexibility index (Phi) is 4.83. The molecule has 0 bridgehead atoms. The first-order chi connectivity index (χ1) is 11.8. The predicted molar refractivity (Wildman–Crippen MR) is 98.2 cm³/mol. The van der Waals surface area contributed by atoms with Gasteiger partial charge in [-0.1, -0.05) is 0 Å². The molecule has 0 aromatic carbocycles. The lowest BCUT2D eigenvalue weighted by Crippen LogP contribution is -2.49. The first-order valence-electron chi connectivity index (χ1n) is 8.36. The van der Waals surface area contributed by atoms with Crippen LogP contribution in [0.1, 0.15) is 31.2 Å². The second kappa shape index (κ2) is 6.76. The molecule has 3 rings (SSSR count). The van der Waals surface area contributed by atoms with Crippen molar-refractivity contribution in [3.8, 4) is 0 Å². The van der Waals surface area contributed by atoms with E-state index in [0.29, 0.717) is 38.0 Å². The van der Waals surface area contributed by atoms with Crippen molar-refractivity contribution < 1.29 is 9.53 Å². The molecule has 2 aromatic rings. The van der Waals surface area contributed by atoms with E-state index in [1.807, 2.05) is 20.8 Å². The molecule has 0 fully saturated rings. The number of hydrogen-bond donors (Lipinski definition) is 1. The van der Waals surface area contributed by atoms with Crippen LogP contribution in [0.25, 0.3) is 10.2 Å². The zero-order chi connectivity index (χ0) is 18.2. The van der Waals surface area contributed by atoms with Gasteiger partial charge in [-0.3, -0.25) is 9.36 Å². The monoisotopic (exact) mass is 364 g/mol. The number of carbonyl (C=O) groups excluding carboxylic acids is 1. The molecule has 8 heteroatoms. The molecular formula is C17H24N4O3S. The minimum absolute atomic E-state index is 0.0212. The maximum Gasteiger partial charge on any atom is 0.318 e. The number of ether oxygens (including phenoxy) is 1. The summed E-state index contributed by atoms with van der Waals surface area (Å²) in [5, 5.41) is 3.70. The Bertz CT molecular complexity index is 850. The molecule has 1 aliphatic heterocycles. The van der Waals surface area contributed by atoms with Crippen molar-refractivity contribution in [3.05, 3.63) is 27.1 Å². The van der Waals surface area contributed by atoms with Crippen LogP contribution >= 0.6 is 11.3 Å². The fourth-order valence-corrected chi connectivity index (χ4v) is 4.13. The number of nitrogens with zero attached hydrogens (tertiary/aromatic N) is 3. The van der Waals surface area contributed by atoms with Crippen LogP contribution in [0.2, 0.25) is 0 Å².